The van der Waals surface area contributed by atoms with Crippen LogP contribution in [0.5, 0.6) is 0 Å². The Morgan fingerprint density at radius 3 is 2.41 bits per heavy atom. The summed E-state index contributed by atoms with van der Waals surface area (Å²) in [6, 6.07) is 19.4. The summed E-state index contributed by atoms with van der Waals surface area (Å²) in [4.78, 5) is 45.7. The number of nitrogens with zero attached hydrogens (tertiary/aromatic N) is 1. The van der Waals surface area contributed by atoms with Crippen LogP contribution < -0.4 is 10.2 Å². The summed E-state index contributed by atoms with van der Waals surface area (Å²) in [5.74, 6) is -1.00. The van der Waals surface area contributed by atoms with Gasteiger partial charge in [-0.25, -0.2) is 0 Å². The van der Waals surface area contributed by atoms with Crippen molar-refractivity contribution in [1.82, 2.24) is 0 Å². The Labute approximate surface area is 246 Å². The van der Waals surface area contributed by atoms with Gasteiger partial charge in [-0.3, -0.25) is 14.4 Å². The molecule has 210 valence electrons. The highest BCUT2D eigenvalue weighted by atomic mass is 35.5. The molecule has 0 radical (unpaired) electrons. The zero-order valence-corrected chi connectivity index (χ0v) is 24.8. The summed E-state index contributed by atoms with van der Waals surface area (Å²) >= 11 is 6.37. The molecule has 3 heterocycles. The lowest BCUT2D eigenvalue weighted by Gasteiger charge is -2.38. The number of carbonyl (C=O) groups excluding carboxylic acids is 3. The van der Waals surface area contributed by atoms with Crippen molar-refractivity contribution >= 4 is 46.5 Å². The number of rotatable bonds is 5. The third kappa shape index (κ3) is 4.16. The van der Waals surface area contributed by atoms with Crippen LogP contribution in [-0.4, -0.2) is 29.6 Å². The molecule has 0 aromatic heterocycles. The number of para-hydroxylation sites is 1. The van der Waals surface area contributed by atoms with E-state index in [1.54, 1.807) is 6.07 Å². The number of Topliss-reactive ketones (excluding diaryl/α,β-unsaturated/α-hetero) is 2. The highest BCUT2D eigenvalue weighted by Crippen LogP contribution is 2.58. The Hall–Kier alpha value is -3.70. The minimum atomic E-state index is -1.30. The van der Waals surface area contributed by atoms with Gasteiger partial charge in [-0.05, 0) is 53.3 Å². The molecule has 3 aliphatic heterocycles. The van der Waals surface area contributed by atoms with Gasteiger partial charge in [-0.1, -0.05) is 101 Å². The number of fused-ring (bicyclic) bond motifs is 6. The largest absolute Gasteiger partial charge is 0.352 e. The van der Waals surface area contributed by atoms with Gasteiger partial charge in [0.2, 0.25) is 5.91 Å². The van der Waals surface area contributed by atoms with Crippen molar-refractivity contribution in [3.63, 3.8) is 0 Å². The summed E-state index contributed by atoms with van der Waals surface area (Å²) in [7, 11) is 0. The lowest BCUT2D eigenvalue weighted by molar-refractivity contribution is -0.128. The van der Waals surface area contributed by atoms with Gasteiger partial charge in [-0.2, -0.15) is 0 Å². The van der Waals surface area contributed by atoms with Crippen LogP contribution >= 0.6 is 11.6 Å². The first-order valence-corrected chi connectivity index (χ1v) is 14.7. The molecule has 1 saturated heterocycles. The van der Waals surface area contributed by atoms with E-state index >= 15 is 0 Å². The fourth-order valence-electron chi connectivity index (χ4n) is 7.05. The van der Waals surface area contributed by atoms with E-state index in [4.69, 9.17) is 11.6 Å². The molecular formula is C35H35ClN2O3. The Kier molecular flexibility index (Phi) is 6.50. The van der Waals surface area contributed by atoms with Crippen LogP contribution in [0.25, 0.3) is 6.08 Å². The lowest BCUT2D eigenvalue weighted by atomic mass is 9.63. The van der Waals surface area contributed by atoms with E-state index in [2.05, 4.69) is 19.2 Å². The first kappa shape index (κ1) is 27.5. The summed E-state index contributed by atoms with van der Waals surface area (Å²) in [5, 5.41) is 3.66. The monoisotopic (exact) mass is 566 g/mol. The molecular weight excluding hydrogens is 532 g/mol. The zero-order valence-electron chi connectivity index (χ0n) is 24.1. The fourth-order valence-corrected chi connectivity index (χ4v) is 7.23. The minimum Gasteiger partial charge on any atom is -0.352 e. The Balaban J connectivity index is 1.62. The van der Waals surface area contributed by atoms with Crippen molar-refractivity contribution in [2.24, 2.45) is 17.3 Å². The smallest absolute Gasteiger partial charge is 0.238 e. The average molecular weight is 567 g/mol. The topological polar surface area (TPSA) is 66.5 Å². The van der Waals surface area contributed by atoms with Gasteiger partial charge < -0.3 is 10.2 Å². The summed E-state index contributed by atoms with van der Waals surface area (Å²) in [5.41, 5.74) is 2.67. The van der Waals surface area contributed by atoms with Gasteiger partial charge in [0.25, 0.3) is 0 Å². The molecule has 1 fully saturated rings. The fraction of sp³-hybridized carbons (Fsp3) is 0.343. The van der Waals surface area contributed by atoms with Crippen LogP contribution in [0.1, 0.15) is 61.7 Å². The Morgan fingerprint density at radius 1 is 1.02 bits per heavy atom. The van der Waals surface area contributed by atoms with Gasteiger partial charge in [0.1, 0.15) is 11.5 Å². The number of nitrogens with one attached hydrogen (secondary N) is 1. The molecule has 0 unspecified atom stereocenters. The molecule has 41 heavy (non-hydrogen) atoms. The van der Waals surface area contributed by atoms with E-state index in [0.29, 0.717) is 22.2 Å². The number of anilines is 2. The highest BCUT2D eigenvalue weighted by molar-refractivity contribution is 6.31. The molecule has 1 amide bonds. The standard InChI is InChI=1S/C35H35ClN2O3/c1-20(2)18-21-10-12-22(13-11-21)31(39)29-30(32(40)34(3,4)5)38-27-16-15-24(36)19-23(27)14-17-28(38)35(29)25-8-6-7-9-26(25)37-33(35)41/h6-17,19-20,28-30H,18H2,1-5H3,(H,37,41)/t28-,29-,30-,35+/m1/s1. The van der Waals surface area contributed by atoms with Crippen LogP contribution in [0.15, 0.2) is 72.8 Å². The molecule has 0 aliphatic carbocycles. The van der Waals surface area contributed by atoms with E-state index < -0.39 is 28.8 Å². The van der Waals surface area contributed by atoms with E-state index in [1.807, 2.05) is 98.5 Å². The number of ketones is 2. The number of carbonyl (C=O) groups is 3. The molecule has 0 saturated carbocycles. The van der Waals surface area contributed by atoms with E-state index in [0.717, 1.165) is 28.8 Å². The zero-order chi connectivity index (χ0) is 29.3. The maximum absolute atomic E-state index is 14.8. The van der Waals surface area contributed by atoms with Gasteiger partial charge in [-0.15, -0.1) is 0 Å². The maximum Gasteiger partial charge on any atom is 0.238 e. The van der Waals surface area contributed by atoms with Crippen LogP contribution in [0, 0.1) is 17.3 Å². The quantitative estimate of drug-likeness (QED) is 0.334. The highest BCUT2D eigenvalue weighted by Gasteiger charge is 2.70. The van der Waals surface area contributed by atoms with Gasteiger partial charge in [0.05, 0.1) is 12.0 Å². The van der Waals surface area contributed by atoms with Crippen molar-refractivity contribution in [3.05, 3.63) is 100 Å². The normalized spacial score (nSPS) is 24.3. The number of hydrogen-bond donors (Lipinski definition) is 1. The van der Waals surface area contributed by atoms with Gasteiger partial charge in [0, 0.05) is 27.4 Å². The molecule has 0 bridgehead atoms. The van der Waals surface area contributed by atoms with Crippen molar-refractivity contribution < 1.29 is 14.4 Å². The van der Waals surface area contributed by atoms with E-state index in [-0.39, 0.29) is 17.5 Å². The first-order valence-electron chi connectivity index (χ1n) is 14.3. The van der Waals surface area contributed by atoms with Crippen molar-refractivity contribution in [2.45, 2.75) is 58.5 Å². The van der Waals surface area contributed by atoms with Gasteiger partial charge >= 0.3 is 0 Å². The first-order chi connectivity index (χ1) is 19.4. The lowest BCUT2D eigenvalue weighted by Crippen LogP contribution is -2.51. The van der Waals surface area contributed by atoms with Crippen molar-refractivity contribution in [1.29, 1.82) is 0 Å². The molecule has 5 nitrogen and oxygen atoms in total. The minimum absolute atomic E-state index is 0.0810. The predicted molar refractivity (Wildman–Crippen MR) is 165 cm³/mol. The predicted octanol–water partition coefficient (Wildman–Crippen LogP) is 7.13. The molecule has 6 rings (SSSR count). The van der Waals surface area contributed by atoms with E-state index in [9.17, 15) is 14.4 Å². The molecule has 4 atom stereocenters. The second-order valence-electron chi connectivity index (χ2n) is 13.0. The van der Waals surface area contributed by atoms with Crippen molar-refractivity contribution in [2.75, 3.05) is 10.2 Å². The summed E-state index contributed by atoms with van der Waals surface area (Å²) < 4.78 is 0. The van der Waals surface area contributed by atoms with E-state index in [1.165, 1.54) is 0 Å². The van der Waals surface area contributed by atoms with Gasteiger partial charge in [0.15, 0.2) is 11.6 Å². The molecule has 3 aromatic carbocycles. The maximum atomic E-state index is 14.8. The summed E-state index contributed by atoms with van der Waals surface area (Å²) in [6.07, 6.45) is 4.84. The summed E-state index contributed by atoms with van der Waals surface area (Å²) in [6.45, 7) is 9.96. The molecule has 6 heteroatoms. The SMILES string of the molecule is CC(C)Cc1ccc(C(=O)[C@H]2[C@H](C(=O)C(C)(C)C)N3c4ccc(Cl)cc4C=C[C@@H]3[C@]23C(=O)Nc2ccccc23)cc1. The van der Waals surface area contributed by atoms with Crippen molar-refractivity contribution in [3.8, 4) is 0 Å². The van der Waals surface area contributed by atoms with Crippen LogP contribution in [-0.2, 0) is 21.4 Å². The van der Waals surface area contributed by atoms with Crippen LogP contribution in [0.4, 0.5) is 11.4 Å². The molecule has 3 aliphatic rings. The van der Waals surface area contributed by atoms with Crippen LogP contribution in [0.3, 0.4) is 0 Å². The van der Waals surface area contributed by atoms with Crippen LogP contribution in [0.2, 0.25) is 5.02 Å². The molecule has 1 N–H and O–H groups in total. The molecule has 1 spiro atoms. The Bertz CT molecular complexity index is 1600. The Morgan fingerprint density at radius 2 is 1.73 bits per heavy atom. The number of hydrogen-bond acceptors (Lipinski definition) is 4. The number of amides is 1. The molecule has 3 aromatic rings. The average Bonchev–Trinajstić information content (AvgIpc) is 3.39. The number of halogens is 1. The third-order valence-electron chi connectivity index (χ3n) is 8.77. The third-order valence-corrected chi connectivity index (χ3v) is 9.00. The second-order valence-corrected chi connectivity index (χ2v) is 13.4. The second kappa shape index (κ2) is 9.70. The number of benzene rings is 3.